The number of imide groups is 1. The Bertz CT molecular complexity index is 900. The molecule has 0 spiro atoms. The van der Waals surface area contributed by atoms with Gasteiger partial charge in [-0.2, -0.15) is 0 Å². The molecule has 152 valence electrons. The van der Waals surface area contributed by atoms with Crippen molar-refractivity contribution in [2.24, 2.45) is 0 Å². The van der Waals surface area contributed by atoms with Crippen molar-refractivity contribution in [3.63, 3.8) is 0 Å². The Kier molecular flexibility index (Phi) is 5.68. The van der Waals surface area contributed by atoms with Crippen LogP contribution in [-0.2, 0) is 11.2 Å². The Hall–Kier alpha value is -3.22. The molecule has 0 aromatic heterocycles. The number of hydrogen-bond donors (Lipinski definition) is 1. The van der Waals surface area contributed by atoms with Gasteiger partial charge < -0.3 is 10.1 Å². The number of carbonyl (C=O) groups is 3. The summed E-state index contributed by atoms with van der Waals surface area (Å²) < 4.78 is 18.5. The minimum atomic E-state index is -0.694. The van der Waals surface area contributed by atoms with E-state index in [0.29, 0.717) is 17.5 Å². The molecule has 1 aliphatic rings. The highest BCUT2D eigenvalue weighted by atomic mass is 19.1. The Morgan fingerprint density at radius 3 is 2.10 bits per heavy atom. The number of rotatable bonds is 5. The summed E-state index contributed by atoms with van der Waals surface area (Å²) in [5, 5.41) is 2.73. The summed E-state index contributed by atoms with van der Waals surface area (Å²) in [4.78, 5) is 38.7. The normalized spacial score (nSPS) is 14.6. The lowest BCUT2D eigenvalue weighted by Gasteiger charge is -2.26. The molecule has 3 amide bonds. The topological polar surface area (TPSA) is 75.7 Å². The minimum Gasteiger partial charge on any atom is -0.444 e. The molecule has 29 heavy (non-hydrogen) atoms. The van der Waals surface area contributed by atoms with E-state index in [1.807, 2.05) is 0 Å². The largest absolute Gasteiger partial charge is 0.444 e. The third-order valence-corrected chi connectivity index (χ3v) is 4.40. The van der Waals surface area contributed by atoms with Crippen LogP contribution in [0.25, 0.3) is 0 Å². The second kappa shape index (κ2) is 8.03. The van der Waals surface area contributed by atoms with Crippen LogP contribution in [0, 0.1) is 5.82 Å². The summed E-state index contributed by atoms with van der Waals surface area (Å²) in [5.74, 6) is -1.17. The number of benzene rings is 2. The predicted molar refractivity (Wildman–Crippen MR) is 105 cm³/mol. The molecule has 2 aromatic rings. The molecule has 3 rings (SSSR count). The van der Waals surface area contributed by atoms with Crippen molar-refractivity contribution in [2.45, 2.75) is 38.8 Å². The van der Waals surface area contributed by atoms with Gasteiger partial charge in [0.2, 0.25) is 0 Å². The van der Waals surface area contributed by atoms with Gasteiger partial charge in [-0.05, 0) is 57.0 Å². The Balaban J connectivity index is 1.79. The second-order valence-corrected chi connectivity index (χ2v) is 7.94. The van der Waals surface area contributed by atoms with Crippen molar-refractivity contribution in [1.29, 1.82) is 0 Å². The highest BCUT2D eigenvalue weighted by molar-refractivity contribution is 6.21. The summed E-state index contributed by atoms with van der Waals surface area (Å²) >= 11 is 0. The molecule has 2 aromatic carbocycles. The first kappa shape index (κ1) is 20.5. The molecule has 0 saturated heterocycles. The fourth-order valence-corrected chi connectivity index (χ4v) is 3.17. The molecule has 1 heterocycles. The third kappa shape index (κ3) is 4.99. The first-order valence-corrected chi connectivity index (χ1v) is 9.33. The number of amides is 3. The molecule has 1 aliphatic heterocycles. The Morgan fingerprint density at radius 2 is 1.59 bits per heavy atom. The molecule has 0 bridgehead atoms. The van der Waals surface area contributed by atoms with Crippen molar-refractivity contribution in [3.05, 3.63) is 71.0 Å². The summed E-state index contributed by atoms with van der Waals surface area (Å²) in [7, 11) is 0. The van der Waals surface area contributed by atoms with Gasteiger partial charge in [-0.1, -0.05) is 24.3 Å². The SMILES string of the molecule is CC(C)(C)OC(=O)N[C@@H](Cc1ccc(F)cc1)CN1C(=O)c2ccccc2C1=O. The Labute approximate surface area is 168 Å². The van der Waals surface area contributed by atoms with Gasteiger partial charge in [0.1, 0.15) is 11.4 Å². The smallest absolute Gasteiger partial charge is 0.407 e. The fourth-order valence-electron chi connectivity index (χ4n) is 3.17. The number of nitrogens with one attached hydrogen (secondary N) is 1. The van der Waals surface area contributed by atoms with Crippen molar-refractivity contribution in [3.8, 4) is 0 Å². The fraction of sp³-hybridized carbons (Fsp3) is 0.318. The van der Waals surface area contributed by atoms with Crippen LogP contribution in [0.15, 0.2) is 48.5 Å². The third-order valence-electron chi connectivity index (χ3n) is 4.40. The van der Waals surface area contributed by atoms with E-state index in [2.05, 4.69) is 5.32 Å². The average Bonchev–Trinajstić information content (AvgIpc) is 2.87. The van der Waals surface area contributed by atoms with Crippen molar-refractivity contribution in [2.75, 3.05) is 6.54 Å². The highest BCUT2D eigenvalue weighted by Crippen LogP contribution is 2.23. The van der Waals surface area contributed by atoms with Crippen LogP contribution >= 0.6 is 0 Å². The zero-order valence-corrected chi connectivity index (χ0v) is 16.6. The van der Waals surface area contributed by atoms with E-state index in [4.69, 9.17) is 4.74 Å². The summed E-state index contributed by atoms with van der Waals surface area (Å²) in [6.07, 6.45) is -0.353. The highest BCUT2D eigenvalue weighted by Gasteiger charge is 2.36. The Morgan fingerprint density at radius 1 is 1.03 bits per heavy atom. The van der Waals surface area contributed by atoms with E-state index in [9.17, 15) is 18.8 Å². The zero-order valence-electron chi connectivity index (χ0n) is 16.6. The first-order valence-electron chi connectivity index (χ1n) is 9.33. The molecule has 7 heteroatoms. The number of halogens is 1. The van der Waals surface area contributed by atoms with Gasteiger partial charge in [0, 0.05) is 0 Å². The van der Waals surface area contributed by atoms with Crippen LogP contribution in [-0.4, -0.2) is 41.0 Å². The number of fused-ring (bicyclic) bond motifs is 1. The molecule has 0 fully saturated rings. The lowest BCUT2D eigenvalue weighted by atomic mass is 10.1. The maximum Gasteiger partial charge on any atom is 0.407 e. The maximum absolute atomic E-state index is 13.2. The first-order chi connectivity index (χ1) is 13.6. The van der Waals surface area contributed by atoms with Gasteiger partial charge in [0.05, 0.1) is 23.7 Å². The van der Waals surface area contributed by atoms with Gasteiger partial charge >= 0.3 is 6.09 Å². The van der Waals surface area contributed by atoms with Gasteiger partial charge in [-0.15, -0.1) is 0 Å². The van der Waals surface area contributed by atoms with Crippen LogP contribution in [0.5, 0.6) is 0 Å². The maximum atomic E-state index is 13.2. The van der Waals surface area contributed by atoms with Crippen LogP contribution in [0.4, 0.5) is 9.18 Å². The standard InChI is InChI=1S/C22H23FN2O4/c1-22(2,3)29-21(28)24-16(12-14-8-10-15(23)11-9-14)13-25-19(26)17-6-4-5-7-18(17)20(25)27/h4-11,16H,12-13H2,1-3H3,(H,24,28)/t16-/m0/s1. The van der Waals surface area contributed by atoms with Gasteiger partial charge in [-0.3, -0.25) is 14.5 Å². The van der Waals surface area contributed by atoms with E-state index in [1.54, 1.807) is 57.2 Å². The lowest BCUT2D eigenvalue weighted by Crippen LogP contribution is -2.48. The van der Waals surface area contributed by atoms with Gasteiger partial charge in [-0.25, -0.2) is 9.18 Å². The number of ether oxygens (including phenoxy) is 1. The van der Waals surface area contributed by atoms with Crippen LogP contribution in [0.2, 0.25) is 0 Å². The van der Waals surface area contributed by atoms with Crippen molar-refractivity contribution in [1.82, 2.24) is 10.2 Å². The van der Waals surface area contributed by atoms with E-state index in [0.717, 1.165) is 10.5 Å². The van der Waals surface area contributed by atoms with Crippen molar-refractivity contribution < 1.29 is 23.5 Å². The number of carbonyl (C=O) groups excluding carboxylic acids is 3. The predicted octanol–water partition coefficient (Wildman–Crippen LogP) is 3.56. The summed E-state index contributed by atoms with van der Waals surface area (Å²) in [6.45, 7) is 5.20. The lowest BCUT2D eigenvalue weighted by molar-refractivity contribution is 0.0468. The molecule has 1 N–H and O–H groups in total. The summed E-state index contributed by atoms with van der Waals surface area (Å²) in [5.41, 5.74) is 0.745. The molecule has 0 radical (unpaired) electrons. The van der Waals surface area contributed by atoms with E-state index in [1.165, 1.54) is 12.1 Å². The summed E-state index contributed by atoms with van der Waals surface area (Å²) in [6, 6.07) is 11.8. The average molecular weight is 398 g/mol. The zero-order chi connectivity index (χ0) is 21.2. The minimum absolute atomic E-state index is 0.0248. The van der Waals surface area contributed by atoms with Crippen LogP contribution in [0.3, 0.4) is 0 Å². The molecule has 0 aliphatic carbocycles. The number of alkyl carbamates (subject to hydrolysis) is 1. The number of nitrogens with zero attached hydrogens (tertiary/aromatic N) is 1. The molecule has 0 unspecified atom stereocenters. The van der Waals surface area contributed by atoms with Crippen LogP contribution in [0.1, 0.15) is 47.1 Å². The molecular weight excluding hydrogens is 375 g/mol. The second-order valence-electron chi connectivity index (χ2n) is 7.94. The van der Waals surface area contributed by atoms with E-state index < -0.39 is 29.6 Å². The van der Waals surface area contributed by atoms with Crippen molar-refractivity contribution >= 4 is 17.9 Å². The molecular formula is C22H23FN2O4. The van der Waals surface area contributed by atoms with E-state index in [-0.39, 0.29) is 12.4 Å². The van der Waals surface area contributed by atoms with Gasteiger partial charge in [0.25, 0.3) is 11.8 Å². The monoisotopic (exact) mass is 398 g/mol. The molecule has 1 atom stereocenters. The van der Waals surface area contributed by atoms with E-state index >= 15 is 0 Å². The number of hydrogen-bond acceptors (Lipinski definition) is 4. The van der Waals surface area contributed by atoms with Crippen LogP contribution < -0.4 is 5.32 Å². The quantitative estimate of drug-likeness (QED) is 0.782. The van der Waals surface area contributed by atoms with Gasteiger partial charge in [0.15, 0.2) is 0 Å². The molecule has 6 nitrogen and oxygen atoms in total. The molecule has 0 saturated carbocycles.